The molecule has 0 unspecified atom stereocenters. The van der Waals surface area contributed by atoms with Gasteiger partial charge in [-0.15, -0.1) is 0 Å². The molecule has 1 aromatic rings. The minimum Gasteiger partial charge on any atom is -0.493 e. The summed E-state index contributed by atoms with van der Waals surface area (Å²) in [6.45, 7) is 6.73. The molecule has 1 fully saturated rings. The van der Waals surface area contributed by atoms with Gasteiger partial charge in [0.2, 0.25) is 5.75 Å². The maximum absolute atomic E-state index is 5.89. The summed E-state index contributed by atoms with van der Waals surface area (Å²) in [4.78, 5) is 2.57. The van der Waals surface area contributed by atoms with Crippen molar-refractivity contribution in [1.82, 2.24) is 4.90 Å². The highest BCUT2D eigenvalue weighted by atomic mass is 16.5. The molecule has 1 heterocycles. The third-order valence-corrected chi connectivity index (χ3v) is 4.37. The Morgan fingerprint density at radius 1 is 1.05 bits per heavy atom. The molecule has 1 aromatic carbocycles. The van der Waals surface area contributed by atoms with E-state index in [1.54, 1.807) is 14.2 Å². The van der Waals surface area contributed by atoms with E-state index in [-0.39, 0.29) is 0 Å². The first-order valence-electron chi connectivity index (χ1n) is 8.30. The second kappa shape index (κ2) is 8.89. The molecule has 0 aromatic heterocycles. The summed E-state index contributed by atoms with van der Waals surface area (Å²) < 4.78 is 16.6. The quantitative estimate of drug-likeness (QED) is 0.687. The van der Waals surface area contributed by atoms with Crippen molar-refractivity contribution < 1.29 is 14.2 Å². The van der Waals surface area contributed by atoms with Gasteiger partial charge in [0.25, 0.3) is 0 Å². The second-order valence-corrected chi connectivity index (χ2v) is 6.07. The average molecular weight is 307 g/mol. The van der Waals surface area contributed by atoms with Crippen molar-refractivity contribution in [3.8, 4) is 17.2 Å². The summed E-state index contributed by atoms with van der Waals surface area (Å²) in [5.41, 5.74) is 0. The van der Waals surface area contributed by atoms with Crippen LogP contribution in [0.2, 0.25) is 0 Å². The van der Waals surface area contributed by atoms with Gasteiger partial charge >= 0.3 is 0 Å². The molecule has 0 aliphatic carbocycles. The van der Waals surface area contributed by atoms with Crippen LogP contribution in [0, 0.1) is 5.92 Å². The van der Waals surface area contributed by atoms with Crippen molar-refractivity contribution in [2.75, 3.05) is 40.5 Å². The van der Waals surface area contributed by atoms with Gasteiger partial charge in [-0.1, -0.05) is 13.0 Å². The number of hydrogen-bond acceptors (Lipinski definition) is 4. The lowest BCUT2D eigenvalue weighted by Gasteiger charge is -2.30. The molecule has 4 nitrogen and oxygen atoms in total. The Kier molecular flexibility index (Phi) is 6.84. The van der Waals surface area contributed by atoms with Gasteiger partial charge in [0.05, 0.1) is 20.8 Å². The molecule has 124 valence electrons. The Labute approximate surface area is 134 Å². The number of methoxy groups -OCH3 is 2. The van der Waals surface area contributed by atoms with Crippen molar-refractivity contribution in [3.63, 3.8) is 0 Å². The lowest BCUT2D eigenvalue weighted by atomic mass is 9.99. The number of ether oxygens (including phenoxy) is 3. The maximum Gasteiger partial charge on any atom is 0.203 e. The van der Waals surface area contributed by atoms with E-state index in [0.29, 0.717) is 12.4 Å². The van der Waals surface area contributed by atoms with Crippen molar-refractivity contribution in [2.45, 2.75) is 32.6 Å². The molecular weight excluding hydrogens is 278 g/mol. The topological polar surface area (TPSA) is 30.9 Å². The summed E-state index contributed by atoms with van der Waals surface area (Å²) in [5.74, 6) is 3.06. The second-order valence-electron chi connectivity index (χ2n) is 6.07. The molecule has 0 bridgehead atoms. The monoisotopic (exact) mass is 307 g/mol. The molecule has 0 amide bonds. The van der Waals surface area contributed by atoms with Gasteiger partial charge in [-0.25, -0.2) is 0 Å². The Hall–Kier alpha value is -1.42. The van der Waals surface area contributed by atoms with Crippen molar-refractivity contribution in [2.24, 2.45) is 5.92 Å². The fraction of sp³-hybridized carbons (Fsp3) is 0.667. The van der Waals surface area contributed by atoms with Crippen LogP contribution in [0.1, 0.15) is 32.6 Å². The van der Waals surface area contributed by atoms with Crippen LogP contribution in [0.15, 0.2) is 18.2 Å². The van der Waals surface area contributed by atoms with Gasteiger partial charge < -0.3 is 19.1 Å². The van der Waals surface area contributed by atoms with Gasteiger partial charge in [0, 0.05) is 0 Å². The van der Waals surface area contributed by atoms with E-state index in [2.05, 4.69) is 11.8 Å². The van der Waals surface area contributed by atoms with Gasteiger partial charge in [0.15, 0.2) is 11.5 Å². The standard InChI is InChI=1S/C18H29NO3/c1-15-9-12-19(13-10-15)11-4-5-14-22-18-16(20-2)7-6-8-17(18)21-3/h6-8,15H,4-5,9-14H2,1-3H3. The number of unbranched alkanes of at least 4 members (excludes halogenated alkanes) is 1. The van der Waals surface area contributed by atoms with E-state index in [9.17, 15) is 0 Å². The van der Waals surface area contributed by atoms with Crippen LogP contribution in [0.5, 0.6) is 17.2 Å². The van der Waals surface area contributed by atoms with E-state index in [0.717, 1.165) is 23.8 Å². The molecule has 4 heteroatoms. The maximum atomic E-state index is 5.89. The average Bonchev–Trinajstić information content (AvgIpc) is 2.56. The first-order chi connectivity index (χ1) is 10.7. The smallest absolute Gasteiger partial charge is 0.203 e. The molecule has 0 atom stereocenters. The van der Waals surface area contributed by atoms with Gasteiger partial charge in [-0.2, -0.15) is 0 Å². The normalized spacial score (nSPS) is 16.5. The number of para-hydroxylation sites is 1. The highest BCUT2D eigenvalue weighted by Crippen LogP contribution is 2.36. The SMILES string of the molecule is COc1cccc(OC)c1OCCCCN1CCC(C)CC1. The minimum atomic E-state index is 0.695. The highest BCUT2D eigenvalue weighted by molar-refractivity contribution is 5.51. The Balaban J connectivity index is 1.70. The predicted octanol–water partition coefficient (Wildman–Crippen LogP) is 3.59. The van der Waals surface area contributed by atoms with Gasteiger partial charge in [-0.05, 0) is 63.4 Å². The molecule has 2 rings (SSSR count). The predicted molar refractivity (Wildman–Crippen MR) is 89.1 cm³/mol. The molecule has 1 aliphatic rings. The van der Waals surface area contributed by atoms with E-state index in [1.165, 1.54) is 38.9 Å². The number of benzene rings is 1. The summed E-state index contributed by atoms with van der Waals surface area (Å²) in [6.07, 6.45) is 4.91. The minimum absolute atomic E-state index is 0.695. The lowest BCUT2D eigenvalue weighted by molar-refractivity contribution is 0.184. The zero-order valence-electron chi connectivity index (χ0n) is 14.1. The van der Waals surface area contributed by atoms with Crippen molar-refractivity contribution in [1.29, 1.82) is 0 Å². The highest BCUT2D eigenvalue weighted by Gasteiger charge is 2.15. The van der Waals surface area contributed by atoms with Crippen LogP contribution in [0.4, 0.5) is 0 Å². The third-order valence-electron chi connectivity index (χ3n) is 4.37. The number of likely N-dealkylation sites (tertiary alicyclic amines) is 1. The lowest BCUT2D eigenvalue weighted by Crippen LogP contribution is -2.33. The number of rotatable bonds is 8. The largest absolute Gasteiger partial charge is 0.493 e. The molecule has 1 aliphatic heterocycles. The number of piperidine rings is 1. The summed E-state index contributed by atoms with van der Waals surface area (Å²) in [7, 11) is 3.30. The fourth-order valence-electron chi connectivity index (χ4n) is 2.86. The zero-order chi connectivity index (χ0) is 15.8. The summed E-state index contributed by atoms with van der Waals surface area (Å²) in [5, 5.41) is 0. The Morgan fingerprint density at radius 2 is 1.68 bits per heavy atom. The van der Waals surface area contributed by atoms with E-state index in [1.807, 2.05) is 18.2 Å². The van der Waals surface area contributed by atoms with Crippen LogP contribution < -0.4 is 14.2 Å². The molecule has 0 saturated carbocycles. The zero-order valence-corrected chi connectivity index (χ0v) is 14.1. The molecule has 1 saturated heterocycles. The van der Waals surface area contributed by atoms with Crippen molar-refractivity contribution in [3.05, 3.63) is 18.2 Å². The van der Waals surface area contributed by atoms with Crippen LogP contribution in [-0.4, -0.2) is 45.4 Å². The first kappa shape index (κ1) is 16.9. The van der Waals surface area contributed by atoms with Crippen LogP contribution in [0.25, 0.3) is 0 Å². The van der Waals surface area contributed by atoms with E-state index in [4.69, 9.17) is 14.2 Å². The van der Waals surface area contributed by atoms with E-state index < -0.39 is 0 Å². The molecule has 0 spiro atoms. The van der Waals surface area contributed by atoms with Crippen LogP contribution in [-0.2, 0) is 0 Å². The summed E-state index contributed by atoms with van der Waals surface area (Å²) in [6, 6.07) is 5.70. The van der Waals surface area contributed by atoms with Crippen LogP contribution >= 0.6 is 0 Å². The van der Waals surface area contributed by atoms with E-state index >= 15 is 0 Å². The first-order valence-corrected chi connectivity index (χ1v) is 8.30. The van der Waals surface area contributed by atoms with Crippen LogP contribution in [0.3, 0.4) is 0 Å². The Morgan fingerprint density at radius 3 is 2.27 bits per heavy atom. The summed E-state index contributed by atoms with van der Waals surface area (Å²) >= 11 is 0. The van der Waals surface area contributed by atoms with Gasteiger partial charge in [0.1, 0.15) is 0 Å². The Bertz CT molecular complexity index is 420. The number of hydrogen-bond donors (Lipinski definition) is 0. The number of nitrogens with zero attached hydrogens (tertiary/aromatic N) is 1. The molecule has 0 radical (unpaired) electrons. The third kappa shape index (κ3) is 4.80. The van der Waals surface area contributed by atoms with Gasteiger partial charge in [-0.3, -0.25) is 0 Å². The van der Waals surface area contributed by atoms with Crippen molar-refractivity contribution >= 4 is 0 Å². The fourth-order valence-corrected chi connectivity index (χ4v) is 2.86. The molecule has 0 N–H and O–H groups in total. The molecular formula is C18H29NO3. The molecule has 22 heavy (non-hydrogen) atoms.